The van der Waals surface area contributed by atoms with Crippen molar-refractivity contribution in [3.05, 3.63) is 83.9 Å². The first-order valence-corrected chi connectivity index (χ1v) is 6.56. The van der Waals surface area contributed by atoms with Crippen molar-refractivity contribution in [2.24, 2.45) is 0 Å². The Balaban J connectivity index is 2.19. The third-order valence-electron chi connectivity index (χ3n) is 3.20. The van der Waals surface area contributed by atoms with Crippen LogP contribution in [0.3, 0.4) is 0 Å². The Morgan fingerprint density at radius 2 is 1.48 bits per heavy atom. The molecule has 2 aromatic rings. The van der Waals surface area contributed by atoms with Gasteiger partial charge in [-0.2, -0.15) is 13.2 Å². The Hall–Kier alpha value is -2.07. The van der Waals surface area contributed by atoms with Crippen LogP contribution in [0.1, 0.15) is 17.2 Å². The number of nitrogens with one attached hydrogen (secondary N) is 1. The number of halogens is 3. The first-order valence-electron chi connectivity index (χ1n) is 6.56. The van der Waals surface area contributed by atoms with Crippen LogP contribution in [0.4, 0.5) is 13.2 Å². The van der Waals surface area contributed by atoms with E-state index in [2.05, 4.69) is 11.9 Å². The molecular weight excluding hydrogens is 275 g/mol. The topological polar surface area (TPSA) is 12.0 Å². The summed E-state index contributed by atoms with van der Waals surface area (Å²) < 4.78 is 38.9. The molecule has 0 aromatic heterocycles. The predicted octanol–water partition coefficient (Wildman–Crippen LogP) is 4.64. The minimum absolute atomic E-state index is 0.343. The molecule has 1 nitrogen and oxygen atoms in total. The van der Waals surface area contributed by atoms with Gasteiger partial charge in [0.1, 0.15) is 0 Å². The van der Waals surface area contributed by atoms with Crippen molar-refractivity contribution < 1.29 is 13.2 Å². The van der Waals surface area contributed by atoms with E-state index in [9.17, 15) is 13.2 Å². The number of rotatable bonds is 5. The van der Waals surface area contributed by atoms with E-state index < -0.39 is 17.8 Å². The molecule has 0 aliphatic carbocycles. The summed E-state index contributed by atoms with van der Waals surface area (Å²) in [6.45, 7) is 3.57. The van der Waals surface area contributed by atoms with E-state index in [1.165, 1.54) is 0 Å². The molecule has 0 heterocycles. The van der Waals surface area contributed by atoms with Crippen molar-refractivity contribution in [1.82, 2.24) is 5.32 Å². The Morgan fingerprint density at radius 3 is 2.00 bits per heavy atom. The lowest BCUT2D eigenvalue weighted by Crippen LogP contribution is -2.29. The van der Waals surface area contributed by atoms with Crippen LogP contribution in [0.2, 0.25) is 0 Å². The molecule has 0 amide bonds. The van der Waals surface area contributed by atoms with Crippen LogP contribution in [0, 0.1) is 0 Å². The highest BCUT2D eigenvalue weighted by molar-refractivity contribution is 5.29. The van der Waals surface area contributed by atoms with Crippen molar-refractivity contribution in [3.8, 4) is 0 Å². The lowest BCUT2D eigenvalue weighted by Gasteiger charge is -2.23. The molecule has 2 aromatic carbocycles. The maximum atomic E-state index is 13.0. The zero-order chi connectivity index (χ0) is 15.3. The van der Waals surface area contributed by atoms with Gasteiger partial charge in [-0.1, -0.05) is 67.2 Å². The second-order valence-corrected chi connectivity index (χ2v) is 4.73. The second-order valence-electron chi connectivity index (χ2n) is 4.73. The van der Waals surface area contributed by atoms with E-state index in [1.807, 2.05) is 30.3 Å². The van der Waals surface area contributed by atoms with Gasteiger partial charge in [0.2, 0.25) is 0 Å². The SMILES string of the molecule is C=C(C(NCc1ccccc1)c1ccccc1)C(F)(F)F. The molecular formula is C17H16F3N. The Kier molecular flexibility index (Phi) is 4.81. The van der Waals surface area contributed by atoms with Gasteiger partial charge in [-0.05, 0) is 11.1 Å². The quantitative estimate of drug-likeness (QED) is 0.792. The molecule has 0 radical (unpaired) electrons. The molecule has 0 aliphatic heterocycles. The number of hydrogen-bond acceptors (Lipinski definition) is 1. The molecule has 21 heavy (non-hydrogen) atoms. The maximum absolute atomic E-state index is 13.0. The molecule has 0 aliphatic rings. The van der Waals surface area contributed by atoms with Gasteiger partial charge in [0.05, 0.1) is 6.04 Å². The number of alkyl halides is 3. The summed E-state index contributed by atoms with van der Waals surface area (Å²) in [4.78, 5) is 0. The van der Waals surface area contributed by atoms with Crippen molar-refractivity contribution in [2.75, 3.05) is 0 Å². The van der Waals surface area contributed by atoms with E-state index in [4.69, 9.17) is 0 Å². The average molecular weight is 291 g/mol. The molecule has 4 heteroatoms. The second kappa shape index (κ2) is 6.59. The highest BCUT2D eigenvalue weighted by atomic mass is 19.4. The summed E-state index contributed by atoms with van der Waals surface area (Å²) >= 11 is 0. The molecule has 0 saturated carbocycles. The van der Waals surface area contributed by atoms with Crippen LogP contribution in [0.5, 0.6) is 0 Å². The first kappa shape index (κ1) is 15.3. The molecule has 1 unspecified atom stereocenters. The van der Waals surface area contributed by atoms with Gasteiger partial charge in [0.15, 0.2) is 0 Å². The van der Waals surface area contributed by atoms with Gasteiger partial charge in [0.25, 0.3) is 0 Å². The molecule has 0 spiro atoms. The summed E-state index contributed by atoms with van der Waals surface area (Å²) in [5.74, 6) is 0. The molecule has 0 saturated heterocycles. The summed E-state index contributed by atoms with van der Waals surface area (Å²) in [6.07, 6.45) is -4.43. The third kappa shape index (κ3) is 4.20. The van der Waals surface area contributed by atoms with Crippen LogP contribution in [0.25, 0.3) is 0 Å². The summed E-state index contributed by atoms with van der Waals surface area (Å²) in [5, 5.41) is 2.94. The lowest BCUT2D eigenvalue weighted by atomic mass is 9.99. The standard InChI is InChI=1S/C17H16F3N/c1-13(17(18,19)20)16(15-10-6-3-7-11-15)21-12-14-8-4-2-5-9-14/h2-11,16,21H,1,12H2. The largest absolute Gasteiger partial charge is 0.413 e. The summed E-state index contributed by atoms with van der Waals surface area (Å²) in [7, 11) is 0. The van der Waals surface area contributed by atoms with Crippen LogP contribution in [-0.4, -0.2) is 6.18 Å². The Morgan fingerprint density at radius 1 is 0.952 bits per heavy atom. The van der Waals surface area contributed by atoms with Gasteiger partial charge in [-0.25, -0.2) is 0 Å². The lowest BCUT2D eigenvalue weighted by molar-refractivity contribution is -0.0965. The number of hydrogen-bond donors (Lipinski definition) is 1. The van der Waals surface area contributed by atoms with E-state index >= 15 is 0 Å². The predicted molar refractivity (Wildman–Crippen MR) is 77.7 cm³/mol. The normalized spacial score (nSPS) is 12.9. The fraction of sp³-hybridized carbons (Fsp3) is 0.176. The molecule has 0 fully saturated rings. The highest BCUT2D eigenvalue weighted by Gasteiger charge is 2.37. The van der Waals surface area contributed by atoms with Crippen LogP contribution in [-0.2, 0) is 6.54 Å². The van der Waals surface area contributed by atoms with Gasteiger partial charge < -0.3 is 5.32 Å². The first-order chi connectivity index (χ1) is 9.98. The fourth-order valence-corrected chi connectivity index (χ4v) is 2.07. The monoisotopic (exact) mass is 291 g/mol. The molecule has 1 N–H and O–H groups in total. The highest BCUT2D eigenvalue weighted by Crippen LogP contribution is 2.34. The van der Waals surface area contributed by atoms with Gasteiger partial charge >= 0.3 is 6.18 Å². The van der Waals surface area contributed by atoms with Crippen molar-refractivity contribution in [1.29, 1.82) is 0 Å². The zero-order valence-corrected chi connectivity index (χ0v) is 11.4. The Bertz CT molecular complexity index is 576. The van der Waals surface area contributed by atoms with E-state index in [0.29, 0.717) is 12.1 Å². The molecule has 0 bridgehead atoms. The average Bonchev–Trinajstić information content (AvgIpc) is 2.48. The number of benzene rings is 2. The Labute approximate surface area is 122 Å². The molecule has 1 atom stereocenters. The minimum atomic E-state index is -4.43. The smallest absolute Gasteiger partial charge is 0.302 e. The van der Waals surface area contributed by atoms with Gasteiger partial charge in [-0.15, -0.1) is 0 Å². The van der Waals surface area contributed by atoms with Crippen molar-refractivity contribution in [3.63, 3.8) is 0 Å². The minimum Gasteiger partial charge on any atom is -0.302 e. The fourth-order valence-electron chi connectivity index (χ4n) is 2.07. The van der Waals surface area contributed by atoms with E-state index in [1.54, 1.807) is 30.3 Å². The van der Waals surface area contributed by atoms with Crippen LogP contribution < -0.4 is 5.32 Å². The van der Waals surface area contributed by atoms with Gasteiger partial charge in [-0.3, -0.25) is 0 Å². The summed E-state index contributed by atoms with van der Waals surface area (Å²) in [5.41, 5.74) is 0.689. The van der Waals surface area contributed by atoms with E-state index in [-0.39, 0.29) is 0 Å². The molecule has 2 rings (SSSR count). The summed E-state index contributed by atoms with van der Waals surface area (Å²) in [6, 6.07) is 16.9. The third-order valence-corrected chi connectivity index (χ3v) is 3.20. The van der Waals surface area contributed by atoms with Crippen molar-refractivity contribution in [2.45, 2.75) is 18.8 Å². The van der Waals surface area contributed by atoms with Gasteiger partial charge in [0, 0.05) is 12.1 Å². The van der Waals surface area contributed by atoms with E-state index in [0.717, 1.165) is 5.56 Å². The van der Waals surface area contributed by atoms with Crippen molar-refractivity contribution >= 4 is 0 Å². The molecule has 110 valence electrons. The van der Waals surface area contributed by atoms with Crippen LogP contribution in [0.15, 0.2) is 72.8 Å². The maximum Gasteiger partial charge on any atom is 0.413 e. The zero-order valence-electron chi connectivity index (χ0n) is 11.4. The van der Waals surface area contributed by atoms with Crippen LogP contribution >= 0.6 is 0 Å².